The second-order valence-corrected chi connectivity index (χ2v) is 5.35. The van der Waals surface area contributed by atoms with E-state index in [2.05, 4.69) is 0 Å². The Hall–Kier alpha value is -2.14. The summed E-state index contributed by atoms with van der Waals surface area (Å²) in [4.78, 5) is 23.2. The van der Waals surface area contributed by atoms with Crippen molar-refractivity contribution in [2.24, 2.45) is 5.41 Å². The van der Waals surface area contributed by atoms with E-state index >= 15 is 0 Å². The largest absolute Gasteiger partial charge is 0.481 e. The molecule has 5 nitrogen and oxygen atoms in total. The van der Waals surface area contributed by atoms with Crippen LogP contribution in [0.15, 0.2) is 42.5 Å². The summed E-state index contributed by atoms with van der Waals surface area (Å²) in [5.41, 5.74) is -2.47. The van der Waals surface area contributed by atoms with E-state index < -0.39 is 28.9 Å². The Balaban J connectivity index is 2.59. The Bertz CT molecular complexity index is 565. The zero-order chi connectivity index (χ0) is 15.0. The standard InChI is InChI=1S/C15H16O5/c1-14(12(17)18)9-15(13(19)20,8-7-11(14)16)10-5-3-2-4-6-10/h2-8,11,16H,9H2,1H3,(H,17,18)(H,19,20). The van der Waals surface area contributed by atoms with Crippen molar-refractivity contribution >= 4 is 11.9 Å². The van der Waals surface area contributed by atoms with Crippen LogP contribution in [0.4, 0.5) is 0 Å². The zero-order valence-electron chi connectivity index (χ0n) is 11.0. The Labute approximate surface area is 116 Å². The van der Waals surface area contributed by atoms with Gasteiger partial charge in [0.2, 0.25) is 0 Å². The Morgan fingerprint density at radius 1 is 1.15 bits per heavy atom. The van der Waals surface area contributed by atoms with E-state index in [4.69, 9.17) is 0 Å². The molecule has 1 aliphatic rings. The van der Waals surface area contributed by atoms with Crippen molar-refractivity contribution in [1.29, 1.82) is 0 Å². The fraction of sp³-hybridized carbons (Fsp3) is 0.333. The minimum absolute atomic E-state index is 0.202. The molecular weight excluding hydrogens is 260 g/mol. The van der Waals surface area contributed by atoms with Crippen LogP contribution in [0, 0.1) is 5.41 Å². The summed E-state index contributed by atoms with van der Waals surface area (Å²) in [6.07, 6.45) is 1.24. The third-order valence-corrected chi connectivity index (χ3v) is 4.02. The van der Waals surface area contributed by atoms with Gasteiger partial charge in [0.05, 0.1) is 11.5 Å². The van der Waals surface area contributed by atoms with E-state index in [0.717, 1.165) is 0 Å². The molecule has 0 spiro atoms. The molecule has 0 aliphatic heterocycles. The Morgan fingerprint density at radius 2 is 1.75 bits per heavy atom. The molecule has 2 rings (SSSR count). The summed E-state index contributed by atoms with van der Waals surface area (Å²) in [7, 11) is 0. The van der Waals surface area contributed by atoms with Gasteiger partial charge in [-0.25, -0.2) is 0 Å². The molecule has 1 aromatic carbocycles. The van der Waals surface area contributed by atoms with Crippen LogP contribution >= 0.6 is 0 Å². The first kappa shape index (κ1) is 14.3. The van der Waals surface area contributed by atoms with E-state index in [-0.39, 0.29) is 6.42 Å². The molecule has 0 heterocycles. The van der Waals surface area contributed by atoms with E-state index in [1.807, 2.05) is 0 Å². The lowest BCUT2D eigenvalue weighted by molar-refractivity contribution is -0.158. The molecule has 0 bridgehead atoms. The minimum atomic E-state index is -1.54. The predicted octanol–water partition coefficient (Wildman–Crippen LogP) is 1.42. The normalized spacial score (nSPS) is 32.8. The molecule has 3 unspecified atom stereocenters. The first-order valence-corrected chi connectivity index (χ1v) is 6.23. The van der Waals surface area contributed by atoms with Gasteiger partial charge < -0.3 is 15.3 Å². The number of hydrogen-bond donors (Lipinski definition) is 3. The molecule has 1 aromatic rings. The Morgan fingerprint density at radius 3 is 2.25 bits per heavy atom. The van der Waals surface area contributed by atoms with Gasteiger partial charge in [-0.15, -0.1) is 0 Å². The number of aliphatic hydroxyl groups is 1. The first-order valence-electron chi connectivity index (χ1n) is 6.23. The second-order valence-electron chi connectivity index (χ2n) is 5.35. The van der Waals surface area contributed by atoms with Crippen molar-refractivity contribution in [3.8, 4) is 0 Å². The number of carbonyl (C=O) groups is 2. The highest BCUT2D eigenvalue weighted by atomic mass is 16.4. The molecule has 0 saturated heterocycles. The van der Waals surface area contributed by atoms with Crippen molar-refractivity contribution in [2.45, 2.75) is 24.9 Å². The fourth-order valence-corrected chi connectivity index (χ4v) is 2.62. The highest BCUT2D eigenvalue weighted by molar-refractivity contribution is 5.87. The van der Waals surface area contributed by atoms with Crippen LogP contribution in [0.25, 0.3) is 0 Å². The van der Waals surface area contributed by atoms with Gasteiger partial charge >= 0.3 is 11.9 Å². The fourth-order valence-electron chi connectivity index (χ4n) is 2.62. The van der Waals surface area contributed by atoms with Crippen LogP contribution in [-0.4, -0.2) is 33.4 Å². The van der Waals surface area contributed by atoms with Crippen molar-refractivity contribution in [2.75, 3.05) is 0 Å². The molecule has 20 heavy (non-hydrogen) atoms. The number of rotatable bonds is 3. The highest BCUT2D eigenvalue weighted by Crippen LogP contribution is 2.45. The topological polar surface area (TPSA) is 94.8 Å². The van der Waals surface area contributed by atoms with E-state index in [1.54, 1.807) is 30.3 Å². The van der Waals surface area contributed by atoms with Gasteiger partial charge in [0.15, 0.2) is 0 Å². The molecule has 3 atom stereocenters. The molecular formula is C15H16O5. The van der Waals surface area contributed by atoms with Gasteiger partial charge in [0.25, 0.3) is 0 Å². The van der Waals surface area contributed by atoms with Crippen LogP contribution in [0.2, 0.25) is 0 Å². The third-order valence-electron chi connectivity index (χ3n) is 4.02. The molecule has 0 aromatic heterocycles. The summed E-state index contributed by atoms with van der Waals surface area (Å²) >= 11 is 0. The van der Waals surface area contributed by atoms with Gasteiger partial charge in [-0.05, 0) is 18.9 Å². The van der Waals surface area contributed by atoms with E-state index in [1.165, 1.54) is 19.1 Å². The van der Waals surface area contributed by atoms with E-state index in [9.17, 15) is 24.9 Å². The van der Waals surface area contributed by atoms with Crippen molar-refractivity contribution < 1.29 is 24.9 Å². The number of hydrogen-bond acceptors (Lipinski definition) is 3. The maximum Gasteiger partial charge on any atom is 0.318 e. The van der Waals surface area contributed by atoms with Crippen molar-refractivity contribution in [3.05, 3.63) is 48.0 Å². The molecule has 5 heteroatoms. The molecule has 0 saturated carbocycles. The smallest absolute Gasteiger partial charge is 0.318 e. The van der Waals surface area contributed by atoms with Crippen molar-refractivity contribution in [1.82, 2.24) is 0 Å². The van der Waals surface area contributed by atoms with Crippen LogP contribution < -0.4 is 0 Å². The molecule has 0 radical (unpaired) electrons. The SMILES string of the molecule is CC1(C(=O)O)CC(C(=O)O)(c2ccccc2)C=CC1O. The number of aliphatic carboxylic acids is 2. The van der Waals surface area contributed by atoms with Crippen LogP contribution in [-0.2, 0) is 15.0 Å². The predicted molar refractivity (Wildman–Crippen MR) is 71.3 cm³/mol. The minimum Gasteiger partial charge on any atom is -0.481 e. The molecule has 1 aliphatic carbocycles. The lowest BCUT2D eigenvalue weighted by atomic mass is 9.62. The maximum absolute atomic E-state index is 11.8. The molecule has 106 valence electrons. The van der Waals surface area contributed by atoms with Gasteiger partial charge in [0.1, 0.15) is 5.41 Å². The zero-order valence-corrected chi connectivity index (χ0v) is 11.0. The summed E-state index contributed by atoms with van der Waals surface area (Å²) < 4.78 is 0. The van der Waals surface area contributed by atoms with Crippen LogP contribution in [0.1, 0.15) is 18.9 Å². The van der Waals surface area contributed by atoms with Gasteiger partial charge in [-0.1, -0.05) is 42.5 Å². The molecule has 3 N–H and O–H groups in total. The van der Waals surface area contributed by atoms with Crippen LogP contribution in [0.5, 0.6) is 0 Å². The average Bonchev–Trinajstić information content (AvgIpc) is 2.42. The summed E-state index contributed by atoms with van der Waals surface area (Å²) in [5.74, 6) is -2.34. The summed E-state index contributed by atoms with van der Waals surface area (Å²) in [6.45, 7) is 1.37. The Kier molecular flexibility index (Phi) is 3.39. The van der Waals surface area contributed by atoms with Gasteiger partial charge in [-0.2, -0.15) is 0 Å². The maximum atomic E-state index is 11.8. The van der Waals surface area contributed by atoms with Crippen molar-refractivity contribution in [3.63, 3.8) is 0 Å². The number of benzene rings is 1. The molecule has 0 fully saturated rings. The quantitative estimate of drug-likeness (QED) is 0.726. The molecule has 0 amide bonds. The lowest BCUT2D eigenvalue weighted by Crippen LogP contribution is -2.50. The monoisotopic (exact) mass is 276 g/mol. The third kappa shape index (κ3) is 2.00. The van der Waals surface area contributed by atoms with Crippen LogP contribution in [0.3, 0.4) is 0 Å². The highest BCUT2D eigenvalue weighted by Gasteiger charge is 2.53. The second kappa shape index (κ2) is 4.76. The van der Waals surface area contributed by atoms with Gasteiger partial charge in [-0.3, -0.25) is 9.59 Å². The first-order chi connectivity index (χ1) is 9.33. The number of carboxylic acids is 2. The summed E-state index contributed by atoms with van der Waals surface area (Å²) in [5, 5.41) is 28.9. The lowest BCUT2D eigenvalue weighted by Gasteiger charge is -2.40. The number of aliphatic hydroxyl groups excluding tert-OH is 1. The van der Waals surface area contributed by atoms with Gasteiger partial charge in [0, 0.05) is 0 Å². The number of carboxylic acid groups (broad SMARTS) is 2. The van der Waals surface area contributed by atoms with E-state index in [0.29, 0.717) is 5.56 Å². The summed E-state index contributed by atoms with van der Waals surface area (Å²) in [6, 6.07) is 8.47. The average molecular weight is 276 g/mol.